The van der Waals surface area contributed by atoms with Gasteiger partial charge in [-0.3, -0.25) is 38.4 Å². The molecule has 0 aliphatic carbocycles. The van der Waals surface area contributed by atoms with Crippen molar-refractivity contribution >= 4 is 78.5 Å². The van der Waals surface area contributed by atoms with Gasteiger partial charge in [-0.1, -0.05) is 27.7 Å². The molecule has 1 saturated heterocycles. The maximum Gasteiger partial charge on any atom is 0.327 e. The number of carbonyl (C=O) groups is 9. The van der Waals surface area contributed by atoms with Gasteiger partial charge in [-0.05, 0) is 51.9 Å². The molecule has 0 spiro atoms. The van der Waals surface area contributed by atoms with Crippen molar-refractivity contribution < 1.29 is 53.4 Å². The molecule has 11 N–H and O–H groups in total. The molecule has 0 unspecified atom stereocenters. The van der Waals surface area contributed by atoms with E-state index >= 15 is 0 Å². The third kappa shape index (κ3) is 15.8. The van der Waals surface area contributed by atoms with Crippen LogP contribution < -0.4 is 43.0 Å². The van der Waals surface area contributed by atoms with Gasteiger partial charge in [-0.2, -0.15) is 25.3 Å². The Balaban J connectivity index is 3.00. The minimum Gasteiger partial charge on any atom is -0.480 e. The first-order valence-electron chi connectivity index (χ1n) is 18.3. The molecule has 1 heterocycles. The number of aliphatic hydroxyl groups is 1. The maximum atomic E-state index is 13.9. The molecule has 20 nitrogen and oxygen atoms in total. The number of carbonyl (C=O) groups excluding carboxylic acids is 8. The number of likely N-dealkylation sites (tertiary alicyclic amines) is 1. The summed E-state index contributed by atoms with van der Waals surface area (Å²) in [6.07, 6.45) is -0.649. The number of hydrogen-bond donors (Lipinski definition) is 12. The number of amides is 8. The van der Waals surface area contributed by atoms with E-state index in [1.807, 2.05) is 0 Å². The first-order valence-corrected chi connectivity index (χ1v) is 19.6. The molecule has 0 aromatic heterocycles. The standard InChI is InChI=1S/C34H59N9O11S2/c1-15(2)11-21(33(52)43-10-8-9-23(43)30(49)37-17(5)27(46)36-12-24(45)39-22(14-56)34(53)54)40-32(51)26(19(7)44)42-28(47)18(6)38-31(50)25(16(3)4)41-29(48)20(35)13-55/h15-23,25-26,44,55-56H,8-14,35H2,1-7H3,(H,36,46)(H,37,49)(H,38,50)(H,39,45)(H,40,51)(H,41,48)(H,42,47)(H,53,54)/t17-,18-,19+,20-,21-,22-,23-,25-,26-/m0/s1. The van der Waals surface area contributed by atoms with Crippen LogP contribution >= 0.6 is 25.3 Å². The maximum absolute atomic E-state index is 13.9. The van der Waals surface area contributed by atoms with Crippen molar-refractivity contribution in [1.29, 1.82) is 0 Å². The molecule has 0 aromatic rings. The van der Waals surface area contributed by atoms with Crippen LogP contribution in [0.4, 0.5) is 0 Å². The number of aliphatic hydroxyl groups excluding tert-OH is 1. The monoisotopic (exact) mass is 833 g/mol. The van der Waals surface area contributed by atoms with Gasteiger partial charge in [0, 0.05) is 18.1 Å². The molecule has 22 heteroatoms. The van der Waals surface area contributed by atoms with Gasteiger partial charge in [-0.25, -0.2) is 4.79 Å². The van der Waals surface area contributed by atoms with Crippen molar-refractivity contribution in [2.75, 3.05) is 24.6 Å². The van der Waals surface area contributed by atoms with Crippen LogP contribution in [-0.2, 0) is 43.2 Å². The van der Waals surface area contributed by atoms with Gasteiger partial charge in [0.15, 0.2) is 0 Å². The van der Waals surface area contributed by atoms with Crippen LogP contribution in [0.1, 0.15) is 67.7 Å². The number of nitrogens with two attached hydrogens (primary N) is 1. The van der Waals surface area contributed by atoms with E-state index in [0.717, 1.165) is 0 Å². The Morgan fingerprint density at radius 1 is 0.714 bits per heavy atom. The number of carboxylic acid groups (broad SMARTS) is 1. The van der Waals surface area contributed by atoms with E-state index < -0.39 is 114 Å². The Morgan fingerprint density at radius 2 is 1.29 bits per heavy atom. The van der Waals surface area contributed by atoms with Crippen molar-refractivity contribution in [2.24, 2.45) is 17.6 Å². The second-order valence-corrected chi connectivity index (χ2v) is 15.2. The minimum atomic E-state index is -1.56. The molecule has 1 aliphatic rings. The molecular weight excluding hydrogens is 775 g/mol. The second-order valence-electron chi connectivity index (χ2n) is 14.4. The van der Waals surface area contributed by atoms with Crippen LogP contribution in [0.3, 0.4) is 0 Å². The summed E-state index contributed by atoms with van der Waals surface area (Å²) < 4.78 is 0. The fourth-order valence-electron chi connectivity index (χ4n) is 5.51. The van der Waals surface area contributed by atoms with Gasteiger partial charge >= 0.3 is 5.97 Å². The molecule has 56 heavy (non-hydrogen) atoms. The SMILES string of the molecule is CC(C)C[C@H](NC(=O)[C@@H](NC(=O)[C@H](C)NC(=O)[C@@H](NC(=O)[C@@H](N)CS)C(C)C)[C@@H](C)O)C(=O)N1CCC[C@H]1C(=O)N[C@@H](C)C(=O)NCC(=O)N[C@@H](CS)C(=O)O. The number of nitrogens with zero attached hydrogens (tertiary/aromatic N) is 1. The predicted octanol–water partition coefficient (Wildman–Crippen LogP) is -3.60. The van der Waals surface area contributed by atoms with E-state index in [9.17, 15) is 48.3 Å². The van der Waals surface area contributed by atoms with E-state index in [1.54, 1.807) is 27.7 Å². The number of hydrogen-bond acceptors (Lipinski definition) is 13. The Kier molecular flexibility index (Phi) is 21.2. The van der Waals surface area contributed by atoms with E-state index in [-0.39, 0.29) is 42.7 Å². The zero-order valence-corrected chi connectivity index (χ0v) is 34.6. The molecule has 0 radical (unpaired) electrons. The number of aliphatic carboxylic acids is 1. The Labute approximate surface area is 337 Å². The predicted molar refractivity (Wildman–Crippen MR) is 210 cm³/mol. The van der Waals surface area contributed by atoms with Crippen LogP contribution in [0, 0.1) is 11.8 Å². The Bertz CT molecular complexity index is 1440. The first-order chi connectivity index (χ1) is 26.0. The van der Waals surface area contributed by atoms with E-state index in [4.69, 9.17) is 10.8 Å². The summed E-state index contributed by atoms with van der Waals surface area (Å²) in [5.74, 6) is -7.79. The highest BCUT2D eigenvalue weighted by Gasteiger charge is 2.40. The highest BCUT2D eigenvalue weighted by Crippen LogP contribution is 2.21. The van der Waals surface area contributed by atoms with Gasteiger partial charge in [-0.15, -0.1) is 0 Å². The molecule has 8 amide bonds. The molecule has 1 rings (SSSR count). The van der Waals surface area contributed by atoms with E-state index in [1.165, 1.54) is 25.7 Å². The lowest BCUT2D eigenvalue weighted by Crippen LogP contribution is -2.61. The average Bonchev–Trinajstić information content (AvgIpc) is 3.62. The lowest BCUT2D eigenvalue weighted by Gasteiger charge is -2.31. The van der Waals surface area contributed by atoms with Gasteiger partial charge in [0.05, 0.1) is 18.7 Å². The summed E-state index contributed by atoms with van der Waals surface area (Å²) >= 11 is 7.84. The molecule has 0 bridgehead atoms. The molecule has 318 valence electrons. The summed E-state index contributed by atoms with van der Waals surface area (Å²) in [5, 5.41) is 36.6. The minimum absolute atomic E-state index is 0.0406. The largest absolute Gasteiger partial charge is 0.480 e. The van der Waals surface area contributed by atoms with Crippen molar-refractivity contribution in [2.45, 2.75) is 122 Å². The molecular formula is C34H59N9O11S2. The summed E-state index contributed by atoms with van der Waals surface area (Å²) in [4.78, 5) is 116. The molecule has 9 atom stereocenters. The number of thiol groups is 2. The van der Waals surface area contributed by atoms with Gasteiger partial charge < -0.3 is 58.1 Å². The Morgan fingerprint density at radius 3 is 1.80 bits per heavy atom. The molecule has 0 aromatic carbocycles. The highest BCUT2D eigenvalue weighted by molar-refractivity contribution is 7.80. The topological polar surface area (TPSA) is 308 Å². The third-order valence-corrected chi connectivity index (χ3v) is 9.50. The summed E-state index contributed by atoms with van der Waals surface area (Å²) in [7, 11) is 0. The van der Waals surface area contributed by atoms with Gasteiger partial charge in [0.1, 0.15) is 42.3 Å². The van der Waals surface area contributed by atoms with Crippen LogP contribution in [0.15, 0.2) is 0 Å². The molecule has 1 aliphatic heterocycles. The van der Waals surface area contributed by atoms with Crippen molar-refractivity contribution in [1.82, 2.24) is 42.1 Å². The second kappa shape index (κ2) is 23.8. The lowest BCUT2D eigenvalue weighted by atomic mass is 10.0. The fraction of sp³-hybridized carbons (Fsp3) is 0.735. The first kappa shape index (κ1) is 49.9. The normalized spacial score (nSPS) is 18.2. The van der Waals surface area contributed by atoms with Crippen LogP contribution in [-0.4, -0.2) is 147 Å². The zero-order chi connectivity index (χ0) is 43.0. The summed E-state index contributed by atoms with van der Waals surface area (Å²) in [5.41, 5.74) is 5.70. The van der Waals surface area contributed by atoms with Crippen LogP contribution in [0.25, 0.3) is 0 Å². The van der Waals surface area contributed by atoms with Crippen molar-refractivity contribution in [3.63, 3.8) is 0 Å². The average molecular weight is 834 g/mol. The number of nitrogens with one attached hydrogen (secondary N) is 7. The quantitative estimate of drug-likeness (QED) is 0.0471. The van der Waals surface area contributed by atoms with E-state index in [0.29, 0.717) is 6.42 Å². The lowest BCUT2D eigenvalue weighted by molar-refractivity contribution is -0.143. The zero-order valence-electron chi connectivity index (χ0n) is 32.8. The number of carboxylic acids is 1. The molecule has 0 saturated carbocycles. The van der Waals surface area contributed by atoms with Crippen molar-refractivity contribution in [3.8, 4) is 0 Å². The summed E-state index contributed by atoms with van der Waals surface area (Å²) in [6, 6.07) is -9.40. The van der Waals surface area contributed by atoms with Crippen molar-refractivity contribution in [3.05, 3.63) is 0 Å². The highest BCUT2D eigenvalue weighted by atomic mass is 32.1. The molecule has 1 fully saturated rings. The fourth-order valence-corrected chi connectivity index (χ4v) is 5.93. The summed E-state index contributed by atoms with van der Waals surface area (Å²) in [6.45, 7) is 10.5. The van der Waals surface area contributed by atoms with E-state index in [2.05, 4.69) is 62.5 Å². The van der Waals surface area contributed by atoms with Gasteiger partial charge in [0.2, 0.25) is 47.3 Å². The van der Waals surface area contributed by atoms with Crippen LogP contribution in [0.5, 0.6) is 0 Å². The smallest absolute Gasteiger partial charge is 0.327 e. The Hall–Kier alpha value is -4.15. The number of rotatable bonds is 22. The third-order valence-electron chi connectivity index (χ3n) is 8.75. The van der Waals surface area contributed by atoms with Gasteiger partial charge in [0.25, 0.3) is 0 Å². The van der Waals surface area contributed by atoms with Crippen LogP contribution in [0.2, 0.25) is 0 Å².